The molecule has 0 amide bonds. The van der Waals surface area contributed by atoms with Gasteiger partial charge in [-0.1, -0.05) is 19.9 Å². The van der Waals surface area contributed by atoms with Gasteiger partial charge in [0.25, 0.3) is 0 Å². The molecule has 3 aromatic rings. The number of nitrogens with two attached hydrogens (primary N) is 1. The van der Waals surface area contributed by atoms with E-state index in [4.69, 9.17) is 5.73 Å². The van der Waals surface area contributed by atoms with Crippen LogP contribution in [0.5, 0.6) is 0 Å². The highest BCUT2D eigenvalue weighted by Gasteiger charge is 2.18. The molecule has 0 spiro atoms. The summed E-state index contributed by atoms with van der Waals surface area (Å²) in [5, 5.41) is 11.5. The number of nitrogen functional groups attached to an aromatic ring is 1. The molecular formula is C13H15N5. The van der Waals surface area contributed by atoms with Crippen LogP contribution < -0.4 is 5.73 Å². The summed E-state index contributed by atoms with van der Waals surface area (Å²) in [6.45, 7) is 4.22. The summed E-state index contributed by atoms with van der Waals surface area (Å²) in [6.07, 6.45) is 3.77. The first-order valence-corrected chi connectivity index (χ1v) is 5.95. The van der Waals surface area contributed by atoms with Gasteiger partial charge in [-0.2, -0.15) is 10.2 Å². The molecule has 5 heteroatoms. The molecule has 5 nitrogen and oxygen atoms in total. The Morgan fingerprint density at radius 3 is 2.94 bits per heavy atom. The third-order valence-electron chi connectivity index (χ3n) is 3.11. The Kier molecular flexibility index (Phi) is 2.33. The zero-order valence-corrected chi connectivity index (χ0v) is 10.4. The summed E-state index contributed by atoms with van der Waals surface area (Å²) in [6, 6.07) is 5.98. The second kappa shape index (κ2) is 3.87. The van der Waals surface area contributed by atoms with E-state index >= 15 is 0 Å². The van der Waals surface area contributed by atoms with Crippen LogP contribution in [0.3, 0.4) is 0 Å². The minimum atomic E-state index is 0.317. The third-order valence-corrected chi connectivity index (χ3v) is 3.11. The molecule has 3 aromatic heterocycles. The minimum absolute atomic E-state index is 0.317. The number of aromatic nitrogens is 4. The summed E-state index contributed by atoms with van der Waals surface area (Å²) in [4.78, 5) is 0. The number of anilines is 1. The van der Waals surface area contributed by atoms with Crippen molar-refractivity contribution in [3.8, 4) is 11.3 Å². The fraction of sp³-hybridized carbons (Fsp3) is 0.231. The number of aromatic amines is 1. The molecule has 0 atom stereocenters. The standard InChI is InChI=1S/C13H15N5/c1-8(2)11-12(16-17-13(11)14)9-7-15-18-6-4-3-5-10(9)18/h3-8H,1-2H3,(H3,14,16,17). The van der Waals surface area contributed by atoms with Crippen molar-refractivity contribution >= 4 is 11.3 Å². The summed E-state index contributed by atoms with van der Waals surface area (Å²) in [7, 11) is 0. The average Bonchev–Trinajstić information content (AvgIpc) is 2.92. The Labute approximate surface area is 105 Å². The van der Waals surface area contributed by atoms with Crippen LogP contribution in [0.25, 0.3) is 16.8 Å². The fourth-order valence-electron chi connectivity index (χ4n) is 2.28. The number of rotatable bonds is 2. The van der Waals surface area contributed by atoms with Gasteiger partial charge in [-0.25, -0.2) is 4.52 Å². The molecule has 0 saturated carbocycles. The van der Waals surface area contributed by atoms with E-state index in [0.29, 0.717) is 11.7 Å². The lowest BCUT2D eigenvalue weighted by Crippen LogP contribution is -1.95. The Bertz CT molecular complexity index is 692. The van der Waals surface area contributed by atoms with Crippen LogP contribution in [0.15, 0.2) is 30.6 Å². The van der Waals surface area contributed by atoms with Crippen LogP contribution in [-0.2, 0) is 0 Å². The highest BCUT2D eigenvalue weighted by Crippen LogP contribution is 2.33. The average molecular weight is 241 g/mol. The van der Waals surface area contributed by atoms with Gasteiger partial charge in [-0.3, -0.25) is 5.10 Å². The van der Waals surface area contributed by atoms with Crippen LogP contribution >= 0.6 is 0 Å². The lowest BCUT2D eigenvalue weighted by molar-refractivity contribution is 0.873. The second-order valence-electron chi connectivity index (χ2n) is 4.64. The number of hydrogen-bond acceptors (Lipinski definition) is 3. The largest absolute Gasteiger partial charge is 0.382 e. The topological polar surface area (TPSA) is 72.0 Å². The zero-order chi connectivity index (χ0) is 12.7. The van der Waals surface area contributed by atoms with Crippen molar-refractivity contribution in [3.63, 3.8) is 0 Å². The van der Waals surface area contributed by atoms with E-state index in [0.717, 1.165) is 22.3 Å². The summed E-state index contributed by atoms with van der Waals surface area (Å²) in [5.41, 5.74) is 10.0. The van der Waals surface area contributed by atoms with Crippen molar-refractivity contribution in [3.05, 3.63) is 36.2 Å². The van der Waals surface area contributed by atoms with Crippen molar-refractivity contribution < 1.29 is 0 Å². The molecule has 0 bridgehead atoms. The number of pyridine rings is 1. The van der Waals surface area contributed by atoms with E-state index in [2.05, 4.69) is 29.1 Å². The predicted molar refractivity (Wildman–Crippen MR) is 71.3 cm³/mol. The highest BCUT2D eigenvalue weighted by molar-refractivity contribution is 5.81. The molecule has 18 heavy (non-hydrogen) atoms. The molecular weight excluding hydrogens is 226 g/mol. The molecule has 0 radical (unpaired) electrons. The minimum Gasteiger partial charge on any atom is -0.382 e. The number of nitrogens with zero attached hydrogens (tertiary/aromatic N) is 3. The molecule has 3 heterocycles. The molecule has 3 N–H and O–H groups in total. The fourth-order valence-corrected chi connectivity index (χ4v) is 2.28. The molecule has 0 fully saturated rings. The lowest BCUT2D eigenvalue weighted by atomic mass is 9.99. The van der Waals surface area contributed by atoms with Gasteiger partial charge < -0.3 is 5.73 Å². The Morgan fingerprint density at radius 1 is 1.33 bits per heavy atom. The summed E-state index contributed by atoms with van der Waals surface area (Å²) in [5.74, 6) is 0.882. The van der Waals surface area contributed by atoms with Crippen LogP contribution in [0.4, 0.5) is 5.82 Å². The van der Waals surface area contributed by atoms with Crippen LogP contribution in [0.2, 0.25) is 0 Å². The quantitative estimate of drug-likeness (QED) is 0.723. The van der Waals surface area contributed by atoms with Gasteiger partial charge in [0, 0.05) is 17.3 Å². The maximum Gasteiger partial charge on any atom is 0.149 e. The SMILES string of the molecule is CC(C)c1c(N)n[nH]c1-c1cnn2ccccc12. The van der Waals surface area contributed by atoms with Gasteiger partial charge in [-0.15, -0.1) is 0 Å². The van der Waals surface area contributed by atoms with E-state index < -0.39 is 0 Å². The van der Waals surface area contributed by atoms with Crippen LogP contribution in [0.1, 0.15) is 25.3 Å². The normalized spacial score (nSPS) is 11.5. The number of nitrogens with one attached hydrogen (secondary N) is 1. The van der Waals surface area contributed by atoms with Gasteiger partial charge in [0.15, 0.2) is 0 Å². The predicted octanol–water partition coefficient (Wildman–Crippen LogP) is 2.43. The number of fused-ring (bicyclic) bond motifs is 1. The van der Waals surface area contributed by atoms with Gasteiger partial charge in [0.05, 0.1) is 17.4 Å². The molecule has 0 aliphatic carbocycles. The van der Waals surface area contributed by atoms with E-state index in [-0.39, 0.29) is 0 Å². The van der Waals surface area contributed by atoms with E-state index in [1.165, 1.54) is 0 Å². The highest BCUT2D eigenvalue weighted by atomic mass is 15.2. The first kappa shape index (κ1) is 10.8. The van der Waals surface area contributed by atoms with Gasteiger partial charge >= 0.3 is 0 Å². The van der Waals surface area contributed by atoms with E-state index in [1.807, 2.05) is 35.1 Å². The van der Waals surface area contributed by atoms with Crippen molar-refractivity contribution in [1.29, 1.82) is 0 Å². The Balaban J connectivity index is 2.27. The maximum absolute atomic E-state index is 5.92. The lowest BCUT2D eigenvalue weighted by Gasteiger charge is -2.06. The second-order valence-corrected chi connectivity index (χ2v) is 4.64. The van der Waals surface area contributed by atoms with Crippen LogP contribution in [0, 0.1) is 0 Å². The van der Waals surface area contributed by atoms with Crippen molar-refractivity contribution in [1.82, 2.24) is 19.8 Å². The van der Waals surface area contributed by atoms with Gasteiger partial charge in [0.2, 0.25) is 0 Å². The van der Waals surface area contributed by atoms with Crippen molar-refractivity contribution in [2.24, 2.45) is 0 Å². The Morgan fingerprint density at radius 2 is 2.17 bits per heavy atom. The molecule has 0 saturated heterocycles. The zero-order valence-electron chi connectivity index (χ0n) is 10.4. The summed E-state index contributed by atoms with van der Waals surface area (Å²) >= 11 is 0. The third kappa shape index (κ3) is 1.48. The summed E-state index contributed by atoms with van der Waals surface area (Å²) < 4.78 is 1.84. The number of hydrogen-bond donors (Lipinski definition) is 2. The first-order chi connectivity index (χ1) is 8.68. The molecule has 0 aliphatic heterocycles. The first-order valence-electron chi connectivity index (χ1n) is 5.95. The van der Waals surface area contributed by atoms with Crippen molar-refractivity contribution in [2.75, 3.05) is 5.73 Å². The monoisotopic (exact) mass is 241 g/mol. The molecule has 92 valence electrons. The van der Waals surface area contributed by atoms with Gasteiger partial charge in [0.1, 0.15) is 5.82 Å². The molecule has 3 rings (SSSR count). The molecule has 0 aromatic carbocycles. The van der Waals surface area contributed by atoms with E-state index in [9.17, 15) is 0 Å². The maximum atomic E-state index is 5.92. The van der Waals surface area contributed by atoms with Crippen molar-refractivity contribution in [2.45, 2.75) is 19.8 Å². The number of H-pyrrole nitrogens is 1. The Hall–Kier alpha value is -2.30. The smallest absolute Gasteiger partial charge is 0.149 e. The van der Waals surface area contributed by atoms with Crippen LogP contribution in [-0.4, -0.2) is 19.8 Å². The van der Waals surface area contributed by atoms with E-state index in [1.54, 1.807) is 0 Å². The van der Waals surface area contributed by atoms with Gasteiger partial charge in [-0.05, 0) is 18.1 Å². The molecule has 0 aliphatic rings. The molecule has 0 unspecified atom stereocenters.